The molecule has 0 radical (unpaired) electrons. The summed E-state index contributed by atoms with van der Waals surface area (Å²) in [7, 11) is -1.80. The summed E-state index contributed by atoms with van der Waals surface area (Å²) >= 11 is 0. The number of H-pyrrole nitrogens is 1. The highest BCUT2D eigenvalue weighted by atomic mass is 32.2. The molecule has 0 aliphatic rings. The van der Waals surface area contributed by atoms with E-state index in [1.165, 1.54) is 6.20 Å². The average Bonchev–Trinajstić information content (AvgIpc) is 2.79. The second-order valence-electron chi connectivity index (χ2n) is 4.15. The number of aromatic amines is 1. The van der Waals surface area contributed by atoms with Crippen LogP contribution in [0.4, 0.5) is 5.69 Å². The number of rotatable bonds is 5. The Labute approximate surface area is 112 Å². The Morgan fingerprint density at radius 1 is 1.32 bits per heavy atom. The van der Waals surface area contributed by atoms with E-state index in [0.717, 1.165) is 5.56 Å². The minimum absolute atomic E-state index is 0.159. The summed E-state index contributed by atoms with van der Waals surface area (Å²) in [4.78, 5) is 0.159. The van der Waals surface area contributed by atoms with Crippen molar-refractivity contribution in [2.75, 3.05) is 11.8 Å². The Hall–Kier alpha value is -1.86. The highest BCUT2D eigenvalue weighted by Crippen LogP contribution is 2.20. The maximum Gasteiger partial charge on any atom is 0.265 e. The van der Waals surface area contributed by atoms with Crippen LogP contribution < -0.4 is 10.0 Å². The molecule has 3 N–H and O–H groups in total. The van der Waals surface area contributed by atoms with Crippen LogP contribution in [0.25, 0.3) is 0 Å². The van der Waals surface area contributed by atoms with Crippen molar-refractivity contribution >= 4 is 15.7 Å². The molecule has 0 amide bonds. The molecule has 2 rings (SSSR count). The van der Waals surface area contributed by atoms with E-state index in [9.17, 15) is 8.42 Å². The van der Waals surface area contributed by atoms with Gasteiger partial charge < -0.3 is 5.32 Å². The minimum atomic E-state index is -3.61. The lowest BCUT2D eigenvalue weighted by atomic mass is 10.2. The largest absolute Gasteiger partial charge is 0.316 e. The highest BCUT2D eigenvalue weighted by Gasteiger charge is 2.19. The first-order valence-electron chi connectivity index (χ1n) is 5.80. The molecule has 1 aromatic carbocycles. The van der Waals surface area contributed by atoms with E-state index in [1.54, 1.807) is 19.1 Å². The smallest absolute Gasteiger partial charge is 0.265 e. The molecule has 1 aromatic heterocycles. The van der Waals surface area contributed by atoms with Crippen LogP contribution in [0.3, 0.4) is 0 Å². The van der Waals surface area contributed by atoms with E-state index in [4.69, 9.17) is 0 Å². The minimum Gasteiger partial charge on any atom is -0.316 e. The Morgan fingerprint density at radius 2 is 2.05 bits per heavy atom. The van der Waals surface area contributed by atoms with Gasteiger partial charge in [0.1, 0.15) is 4.90 Å². The van der Waals surface area contributed by atoms with Crippen LogP contribution in [0, 0.1) is 6.92 Å². The molecule has 0 aliphatic heterocycles. The molecule has 0 saturated carbocycles. The summed E-state index contributed by atoms with van der Waals surface area (Å²) in [5, 5.41) is 9.35. The molecule has 0 aliphatic carbocycles. The molecule has 0 fully saturated rings. The summed E-state index contributed by atoms with van der Waals surface area (Å²) in [6, 6.07) is 7.27. The van der Waals surface area contributed by atoms with E-state index in [0.29, 0.717) is 17.9 Å². The normalized spacial score (nSPS) is 11.5. The molecule has 0 spiro atoms. The van der Waals surface area contributed by atoms with Crippen LogP contribution in [0.2, 0.25) is 0 Å². The zero-order valence-corrected chi connectivity index (χ0v) is 11.6. The van der Waals surface area contributed by atoms with Gasteiger partial charge in [-0.2, -0.15) is 5.10 Å². The first-order chi connectivity index (χ1) is 9.04. The van der Waals surface area contributed by atoms with Crippen molar-refractivity contribution in [3.8, 4) is 0 Å². The van der Waals surface area contributed by atoms with Gasteiger partial charge in [0.05, 0.1) is 17.6 Å². The molecule has 19 heavy (non-hydrogen) atoms. The van der Waals surface area contributed by atoms with Crippen molar-refractivity contribution in [1.82, 2.24) is 15.5 Å². The Kier molecular flexibility index (Phi) is 3.87. The SMILES string of the molecule is CNCc1ccccc1NS(=O)(=O)c1cn[nH]c1C. The molecule has 1 heterocycles. The topological polar surface area (TPSA) is 86.9 Å². The number of aryl methyl sites for hydroxylation is 1. The third-order valence-corrected chi connectivity index (χ3v) is 4.18. The van der Waals surface area contributed by atoms with E-state index in [2.05, 4.69) is 20.2 Å². The van der Waals surface area contributed by atoms with Gasteiger partial charge in [-0.15, -0.1) is 0 Å². The van der Waals surface area contributed by atoms with Gasteiger partial charge in [0, 0.05) is 6.54 Å². The van der Waals surface area contributed by atoms with E-state index in [-0.39, 0.29) is 4.90 Å². The van der Waals surface area contributed by atoms with Crippen molar-refractivity contribution in [3.63, 3.8) is 0 Å². The molecular formula is C12H16N4O2S. The van der Waals surface area contributed by atoms with Crippen LogP contribution in [-0.4, -0.2) is 25.7 Å². The summed E-state index contributed by atoms with van der Waals surface area (Å²) in [6.07, 6.45) is 1.30. The van der Waals surface area contributed by atoms with Crippen LogP contribution in [0.1, 0.15) is 11.3 Å². The number of hydrogen-bond acceptors (Lipinski definition) is 4. The third-order valence-electron chi connectivity index (χ3n) is 2.70. The van der Waals surface area contributed by atoms with Crippen molar-refractivity contribution in [2.45, 2.75) is 18.4 Å². The van der Waals surface area contributed by atoms with Gasteiger partial charge >= 0.3 is 0 Å². The van der Waals surface area contributed by atoms with Gasteiger partial charge in [0.15, 0.2) is 0 Å². The molecule has 0 bridgehead atoms. The number of nitrogens with zero attached hydrogens (tertiary/aromatic N) is 1. The second-order valence-corrected chi connectivity index (χ2v) is 5.80. The standard InChI is InChI=1S/C12H16N4O2S/c1-9-12(8-14-15-9)19(17,18)16-11-6-4-3-5-10(11)7-13-2/h3-6,8,13,16H,7H2,1-2H3,(H,14,15). The molecule has 0 atom stereocenters. The molecule has 2 aromatic rings. The van der Waals surface area contributed by atoms with Gasteiger partial charge in [-0.25, -0.2) is 8.42 Å². The number of anilines is 1. The predicted octanol–water partition coefficient (Wildman–Crippen LogP) is 1.24. The predicted molar refractivity (Wildman–Crippen MR) is 73.3 cm³/mol. The molecule has 0 unspecified atom stereocenters. The monoisotopic (exact) mass is 280 g/mol. The number of aromatic nitrogens is 2. The van der Waals surface area contributed by atoms with Crippen LogP contribution in [-0.2, 0) is 16.6 Å². The van der Waals surface area contributed by atoms with Gasteiger partial charge in [0.25, 0.3) is 10.0 Å². The van der Waals surface area contributed by atoms with Gasteiger partial charge in [-0.3, -0.25) is 9.82 Å². The summed E-state index contributed by atoms with van der Waals surface area (Å²) in [5.41, 5.74) is 1.96. The van der Waals surface area contributed by atoms with Crippen LogP contribution in [0.15, 0.2) is 35.4 Å². The molecule has 102 valence electrons. The van der Waals surface area contributed by atoms with Gasteiger partial charge in [-0.05, 0) is 25.6 Å². The fourth-order valence-electron chi connectivity index (χ4n) is 1.77. The molecular weight excluding hydrogens is 264 g/mol. The quantitative estimate of drug-likeness (QED) is 0.769. The van der Waals surface area contributed by atoms with E-state index < -0.39 is 10.0 Å². The molecule has 0 saturated heterocycles. The number of sulfonamides is 1. The van der Waals surface area contributed by atoms with Crippen LogP contribution in [0.5, 0.6) is 0 Å². The first-order valence-corrected chi connectivity index (χ1v) is 7.28. The molecule has 6 nitrogen and oxygen atoms in total. The fraction of sp³-hybridized carbons (Fsp3) is 0.250. The highest BCUT2D eigenvalue weighted by molar-refractivity contribution is 7.92. The van der Waals surface area contributed by atoms with E-state index in [1.807, 2.05) is 19.2 Å². The first kappa shape index (κ1) is 13.6. The fourth-order valence-corrected chi connectivity index (χ4v) is 3.01. The van der Waals surface area contributed by atoms with Crippen molar-refractivity contribution < 1.29 is 8.42 Å². The van der Waals surface area contributed by atoms with Crippen molar-refractivity contribution in [1.29, 1.82) is 0 Å². The summed E-state index contributed by atoms with van der Waals surface area (Å²) in [5.74, 6) is 0. The number of nitrogens with one attached hydrogen (secondary N) is 3. The Morgan fingerprint density at radius 3 is 2.68 bits per heavy atom. The number of benzene rings is 1. The lowest BCUT2D eigenvalue weighted by Gasteiger charge is -2.11. The summed E-state index contributed by atoms with van der Waals surface area (Å²) < 4.78 is 27.1. The number of para-hydroxylation sites is 1. The lowest BCUT2D eigenvalue weighted by Crippen LogP contribution is -2.16. The Balaban J connectivity index is 2.34. The Bertz CT molecular complexity index is 664. The third kappa shape index (κ3) is 2.94. The van der Waals surface area contributed by atoms with Gasteiger partial charge in [0.2, 0.25) is 0 Å². The maximum absolute atomic E-state index is 12.2. The van der Waals surface area contributed by atoms with Gasteiger partial charge in [-0.1, -0.05) is 18.2 Å². The lowest BCUT2D eigenvalue weighted by molar-refractivity contribution is 0.600. The average molecular weight is 280 g/mol. The zero-order valence-electron chi connectivity index (χ0n) is 10.8. The van der Waals surface area contributed by atoms with Crippen LogP contribution >= 0.6 is 0 Å². The maximum atomic E-state index is 12.2. The second kappa shape index (κ2) is 5.41. The van der Waals surface area contributed by atoms with Crippen molar-refractivity contribution in [3.05, 3.63) is 41.7 Å². The molecule has 7 heteroatoms. The van der Waals surface area contributed by atoms with Crippen molar-refractivity contribution in [2.24, 2.45) is 0 Å². The van der Waals surface area contributed by atoms with E-state index >= 15 is 0 Å². The summed E-state index contributed by atoms with van der Waals surface area (Å²) in [6.45, 7) is 2.25. The zero-order chi connectivity index (χ0) is 13.9. The number of hydrogen-bond donors (Lipinski definition) is 3.